The van der Waals surface area contributed by atoms with Crippen LogP contribution in [0, 0.1) is 5.82 Å². The zero-order chi connectivity index (χ0) is 16.8. The highest BCUT2D eigenvalue weighted by atomic mass is 19.1. The number of carbonyl (C=O) groups excluding carboxylic acids is 1. The zero-order valence-electron chi connectivity index (χ0n) is 13.2. The third kappa shape index (κ3) is 4.32. The van der Waals surface area contributed by atoms with Crippen LogP contribution in [0.15, 0.2) is 48.5 Å². The van der Waals surface area contributed by atoms with Crippen LogP contribution in [0.3, 0.4) is 0 Å². The van der Waals surface area contributed by atoms with Crippen LogP contribution in [-0.2, 0) is 12.8 Å². The Bertz CT molecular complexity index is 780. The maximum absolute atomic E-state index is 12.8. The summed E-state index contributed by atoms with van der Waals surface area (Å²) in [5.74, 6) is 0.595. The Hall–Kier alpha value is -2.89. The normalized spacial score (nSPS) is 10.7. The van der Waals surface area contributed by atoms with Crippen molar-refractivity contribution < 1.29 is 9.18 Å². The number of hydrogen-bond donors (Lipinski definition) is 3. The molecule has 3 rings (SSSR count). The van der Waals surface area contributed by atoms with Gasteiger partial charge in [0, 0.05) is 19.5 Å². The van der Waals surface area contributed by atoms with Gasteiger partial charge in [-0.05, 0) is 36.2 Å². The summed E-state index contributed by atoms with van der Waals surface area (Å²) in [7, 11) is 0. The number of benzene rings is 2. The summed E-state index contributed by atoms with van der Waals surface area (Å²) < 4.78 is 12.8. The van der Waals surface area contributed by atoms with Crippen LogP contribution in [0.4, 0.5) is 9.18 Å². The predicted molar refractivity (Wildman–Crippen MR) is 91.3 cm³/mol. The molecule has 3 N–H and O–H groups in total. The topological polar surface area (TPSA) is 69.8 Å². The van der Waals surface area contributed by atoms with Gasteiger partial charge in [0.2, 0.25) is 0 Å². The number of aromatic amines is 1. The standard InChI is InChI=1S/C18H19FN4O/c19-14-7-5-13(6-8-14)9-11-20-18(24)21-12-10-17-22-15-3-1-2-4-16(15)23-17/h1-8H,9-12H2,(H,22,23)(H2,20,21,24). The lowest BCUT2D eigenvalue weighted by atomic mass is 10.1. The minimum atomic E-state index is -0.255. The van der Waals surface area contributed by atoms with Gasteiger partial charge in [0.25, 0.3) is 0 Å². The van der Waals surface area contributed by atoms with Crippen LogP contribution < -0.4 is 10.6 Å². The summed E-state index contributed by atoms with van der Waals surface area (Å²) in [6, 6.07) is 13.9. The molecular formula is C18H19FN4O. The molecule has 0 bridgehead atoms. The molecule has 6 heteroatoms. The molecule has 0 saturated carbocycles. The van der Waals surface area contributed by atoms with Crippen molar-refractivity contribution in [1.29, 1.82) is 0 Å². The van der Waals surface area contributed by atoms with E-state index in [9.17, 15) is 9.18 Å². The van der Waals surface area contributed by atoms with Crippen molar-refractivity contribution in [3.63, 3.8) is 0 Å². The van der Waals surface area contributed by atoms with Gasteiger partial charge < -0.3 is 15.6 Å². The first-order valence-corrected chi connectivity index (χ1v) is 7.90. The Labute approximate surface area is 139 Å². The maximum atomic E-state index is 12.8. The fraction of sp³-hybridized carbons (Fsp3) is 0.222. The number of halogens is 1. The van der Waals surface area contributed by atoms with Crippen LogP contribution in [0.2, 0.25) is 0 Å². The molecule has 0 spiro atoms. The van der Waals surface area contributed by atoms with E-state index in [1.165, 1.54) is 12.1 Å². The average Bonchev–Trinajstić information content (AvgIpc) is 2.99. The Morgan fingerprint density at radius 2 is 1.71 bits per heavy atom. The molecule has 5 nitrogen and oxygen atoms in total. The van der Waals surface area contributed by atoms with E-state index in [2.05, 4.69) is 20.6 Å². The number of carbonyl (C=O) groups is 1. The van der Waals surface area contributed by atoms with Crippen LogP contribution in [-0.4, -0.2) is 29.1 Å². The number of rotatable bonds is 6. The SMILES string of the molecule is O=C(NCCc1ccc(F)cc1)NCCc1nc2ccccc2[nH]1. The molecule has 2 amide bonds. The van der Waals surface area contributed by atoms with Gasteiger partial charge in [0.15, 0.2) is 0 Å². The van der Waals surface area contributed by atoms with Crippen molar-refractivity contribution in [2.75, 3.05) is 13.1 Å². The number of nitrogens with one attached hydrogen (secondary N) is 3. The molecule has 0 aliphatic rings. The number of para-hydroxylation sites is 2. The Kier molecular flexibility index (Phi) is 5.05. The van der Waals surface area contributed by atoms with Gasteiger partial charge in [-0.25, -0.2) is 14.2 Å². The van der Waals surface area contributed by atoms with E-state index < -0.39 is 0 Å². The quantitative estimate of drug-likeness (QED) is 0.652. The number of amides is 2. The highest BCUT2D eigenvalue weighted by Gasteiger charge is 2.04. The maximum Gasteiger partial charge on any atom is 0.314 e. The molecule has 24 heavy (non-hydrogen) atoms. The smallest absolute Gasteiger partial charge is 0.314 e. The first kappa shape index (κ1) is 16.0. The second kappa shape index (κ2) is 7.59. The van der Waals surface area contributed by atoms with E-state index in [-0.39, 0.29) is 11.8 Å². The van der Waals surface area contributed by atoms with Gasteiger partial charge in [-0.1, -0.05) is 24.3 Å². The van der Waals surface area contributed by atoms with Crippen molar-refractivity contribution >= 4 is 17.1 Å². The third-order valence-electron chi connectivity index (χ3n) is 3.70. The number of H-pyrrole nitrogens is 1. The van der Waals surface area contributed by atoms with Gasteiger partial charge in [-0.15, -0.1) is 0 Å². The summed E-state index contributed by atoms with van der Waals surface area (Å²) in [6.45, 7) is 1.00. The predicted octanol–water partition coefficient (Wildman–Crippen LogP) is 2.79. The Morgan fingerprint density at radius 1 is 1.00 bits per heavy atom. The molecular weight excluding hydrogens is 307 g/mol. The van der Waals surface area contributed by atoms with Gasteiger partial charge in [0.1, 0.15) is 11.6 Å². The number of urea groups is 1. The molecule has 3 aromatic rings. The van der Waals surface area contributed by atoms with E-state index >= 15 is 0 Å². The van der Waals surface area contributed by atoms with E-state index in [1.54, 1.807) is 12.1 Å². The lowest BCUT2D eigenvalue weighted by Gasteiger charge is -2.07. The minimum Gasteiger partial charge on any atom is -0.342 e. The second-order valence-corrected chi connectivity index (χ2v) is 5.51. The minimum absolute atomic E-state index is 0.215. The number of imidazole rings is 1. The molecule has 0 aliphatic carbocycles. The average molecular weight is 326 g/mol. The largest absolute Gasteiger partial charge is 0.342 e. The fourth-order valence-electron chi connectivity index (χ4n) is 2.45. The molecule has 0 fully saturated rings. The van der Waals surface area contributed by atoms with Gasteiger partial charge >= 0.3 is 6.03 Å². The summed E-state index contributed by atoms with van der Waals surface area (Å²) in [4.78, 5) is 19.4. The van der Waals surface area contributed by atoms with Crippen molar-refractivity contribution in [2.24, 2.45) is 0 Å². The number of fused-ring (bicyclic) bond motifs is 1. The zero-order valence-corrected chi connectivity index (χ0v) is 13.2. The van der Waals surface area contributed by atoms with Crippen molar-refractivity contribution in [1.82, 2.24) is 20.6 Å². The Balaban J connectivity index is 1.37. The molecule has 0 saturated heterocycles. The highest BCUT2D eigenvalue weighted by molar-refractivity contribution is 5.75. The van der Waals surface area contributed by atoms with E-state index in [0.717, 1.165) is 22.4 Å². The summed E-state index contributed by atoms with van der Waals surface area (Å²) in [5, 5.41) is 5.59. The van der Waals surface area contributed by atoms with E-state index in [1.807, 2.05) is 24.3 Å². The van der Waals surface area contributed by atoms with Crippen LogP contribution in [0.5, 0.6) is 0 Å². The van der Waals surface area contributed by atoms with Crippen molar-refractivity contribution in [2.45, 2.75) is 12.8 Å². The lowest BCUT2D eigenvalue weighted by Crippen LogP contribution is -2.37. The molecule has 124 valence electrons. The van der Waals surface area contributed by atoms with Crippen LogP contribution >= 0.6 is 0 Å². The molecule has 1 aromatic heterocycles. The summed E-state index contributed by atoms with van der Waals surface area (Å²) >= 11 is 0. The van der Waals surface area contributed by atoms with E-state index in [0.29, 0.717) is 25.9 Å². The molecule has 1 heterocycles. The monoisotopic (exact) mass is 326 g/mol. The molecule has 0 atom stereocenters. The Morgan fingerprint density at radius 3 is 2.46 bits per heavy atom. The van der Waals surface area contributed by atoms with Gasteiger partial charge in [0.05, 0.1) is 11.0 Å². The molecule has 0 radical (unpaired) electrons. The third-order valence-corrected chi connectivity index (χ3v) is 3.70. The fourth-order valence-corrected chi connectivity index (χ4v) is 2.45. The first-order chi connectivity index (χ1) is 11.7. The molecule has 0 unspecified atom stereocenters. The summed E-state index contributed by atoms with van der Waals surface area (Å²) in [6.07, 6.45) is 1.30. The molecule has 2 aromatic carbocycles. The van der Waals surface area contributed by atoms with Gasteiger partial charge in [-0.2, -0.15) is 0 Å². The lowest BCUT2D eigenvalue weighted by molar-refractivity contribution is 0.241. The van der Waals surface area contributed by atoms with Crippen molar-refractivity contribution in [3.8, 4) is 0 Å². The number of hydrogen-bond acceptors (Lipinski definition) is 2. The van der Waals surface area contributed by atoms with E-state index in [4.69, 9.17) is 0 Å². The first-order valence-electron chi connectivity index (χ1n) is 7.90. The highest BCUT2D eigenvalue weighted by Crippen LogP contribution is 2.10. The van der Waals surface area contributed by atoms with Gasteiger partial charge in [-0.3, -0.25) is 0 Å². The number of aromatic nitrogens is 2. The summed E-state index contributed by atoms with van der Waals surface area (Å²) in [5.41, 5.74) is 2.91. The van der Waals surface area contributed by atoms with Crippen molar-refractivity contribution in [3.05, 3.63) is 65.7 Å². The second-order valence-electron chi connectivity index (χ2n) is 5.51. The molecule has 0 aliphatic heterocycles. The van der Waals surface area contributed by atoms with Crippen LogP contribution in [0.25, 0.3) is 11.0 Å². The number of nitrogens with zero attached hydrogens (tertiary/aromatic N) is 1. The van der Waals surface area contributed by atoms with Crippen LogP contribution in [0.1, 0.15) is 11.4 Å².